The first-order valence-electron chi connectivity index (χ1n) is 5.65. The lowest BCUT2D eigenvalue weighted by Gasteiger charge is -2.18. The van der Waals surface area contributed by atoms with E-state index in [1.165, 1.54) is 0 Å². The molecule has 0 N–H and O–H groups in total. The van der Waals surface area contributed by atoms with Crippen LogP contribution in [0.3, 0.4) is 0 Å². The minimum absolute atomic E-state index is 0.537. The van der Waals surface area contributed by atoms with E-state index in [9.17, 15) is 4.79 Å². The van der Waals surface area contributed by atoms with Crippen molar-refractivity contribution < 1.29 is 19.0 Å². The average Bonchev–Trinajstić information content (AvgIpc) is 2.37. The Bertz CT molecular complexity index is 399. The number of ether oxygens (including phenoxy) is 3. The molecule has 4 heteroatoms. The highest BCUT2D eigenvalue weighted by atomic mass is 16.5. The van der Waals surface area contributed by atoms with Crippen LogP contribution in [0.25, 0.3) is 0 Å². The highest BCUT2D eigenvalue weighted by Gasteiger charge is 2.21. The van der Waals surface area contributed by atoms with Crippen molar-refractivity contribution in [2.75, 3.05) is 21.3 Å². The van der Waals surface area contributed by atoms with E-state index in [1.54, 1.807) is 21.3 Å². The Balaban J connectivity index is 3.19. The summed E-state index contributed by atoms with van der Waals surface area (Å²) in [6, 6.07) is 3.70. The predicted molar refractivity (Wildman–Crippen MR) is 69.3 cm³/mol. The van der Waals surface area contributed by atoms with Gasteiger partial charge in [-0.25, -0.2) is 0 Å². The Labute approximate surface area is 108 Å². The molecule has 0 aliphatic rings. The third-order valence-corrected chi connectivity index (χ3v) is 2.65. The number of methoxy groups -OCH3 is 3. The van der Waals surface area contributed by atoms with Gasteiger partial charge in [0.2, 0.25) is 12.0 Å². The third-order valence-electron chi connectivity index (χ3n) is 2.65. The van der Waals surface area contributed by atoms with Gasteiger partial charge in [0.1, 0.15) is 0 Å². The summed E-state index contributed by atoms with van der Waals surface area (Å²) in [6.45, 7) is 3.67. The van der Waals surface area contributed by atoms with E-state index in [0.717, 1.165) is 5.56 Å². The van der Waals surface area contributed by atoms with Crippen LogP contribution < -0.4 is 14.2 Å². The van der Waals surface area contributed by atoms with E-state index >= 15 is 0 Å². The summed E-state index contributed by atoms with van der Waals surface area (Å²) >= 11 is 0. The van der Waals surface area contributed by atoms with E-state index < -0.39 is 5.41 Å². The van der Waals surface area contributed by atoms with Crippen molar-refractivity contribution in [2.45, 2.75) is 20.3 Å². The molecule has 0 saturated carbocycles. The molecule has 0 aromatic heterocycles. The first kappa shape index (κ1) is 14.4. The Morgan fingerprint density at radius 1 is 1.06 bits per heavy atom. The lowest BCUT2D eigenvalue weighted by molar-refractivity contribution is 0.323. The van der Waals surface area contributed by atoms with Crippen molar-refractivity contribution in [1.29, 1.82) is 0 Å². The van der Waals surface area contributed by atoms with E-state index in [2.05, 4.69) is 0 Å². The predicted octanol–water partition coefficient (Wildman–Crippen LogP) is 2.39. The molecule has 0 aliphatic carbocycles. The fourth-order valence-corrected chi connectivity index (χ4v) is 1.78. The molecule has 0 amide bonds. The maximum Gasteiger partial charge on any atom is 0.204 e. The number of rotatable bonds is 6. The lowest BCUT2D eigenvalue weighted by atomic mass is 9.87. The van der Waals surface area contributed by atoms with Gasteiger partial charge in [-0.15, -0.1) is 0 Å². The van der Waals surface area contributed by atoms with Crippen molar-refractivity contribution in [3.05, 3.63) is 17.7 Å². The number of benzene rings is 1. The number of hydrogen-bond acceptors (Lipinski definition) is 4. The van der Waals surface area contributed by atoms with Gasteiger partial charge in [0, 0.05) is 5.41 Å². The SMILES string of the molecule is COc1cc(CC(C)(C)[C]=O)cc(OC)c1OC. The van der Waals surface area contributed by atoms with E-state index in [1.807, 2.05) is 32.3 Å². The quantitative estimate of drug-likeness (QED) is 0.778. The van der Waals surface area contributed by atoms with Crippen molar-refractivity contribution in [3.8, 4) is 17.2 Å². The van der Waals surface area contributed by atoms with Crippen LogP contribution in [0, 0.1) is 5.41 Å². The third kappa shape index (κ3) is 3.15. The summed E-state index contributed by atoms with van der Waals surface area (Å²) in [4.78, 5) is 10.9. The lowest BCUT2D eigenvalue weighted by Crippen LogP contribution is -2.16. The Morgan fingerprint density at radius 3 is 1.89 bits per heavy atom. The van der Waals surface area contributed by atoms with Crippen LogP contribution in [-0.4, -0.2) is 27.6 Å². The fraction of sp³-hybridized carbons (Fsp3) is 0.500. The van der Waals surface area contributed by atoms with Crippen LogP contribution in [-0.2, 0) is 11.2 Å². The fourth-order valence-electron chi connectivity index (χ4n) is 1.78. The number of carbonyl (C=O) groups excluding carboxylic acids is 1. The standard InChI is InChI=1S/C14H19O4/c1-14(2,9-15)8-10-6-11(16-3)13(18-5)12(7-10)17-4/h6-7H,8H2,1-5H3. The molecule has 0 atom stereocenters. The van der Waals surface area contributed by atoms with E-state index in [-0.39, 0.29) is 0 Å². The molecule has 0 heterocycles. The molecule has 1 aromatic rings. The average molecular weight is 251 g/mol. The van der Waals surface area contributed by atoms with Crippen molar-refractivity contribution >= 4 is 6.29 Å². The second-order valence-corrected chi connectivity index (χ2v) is 4.70. The summed E-state index contributed by atoms with van der Waals surface area (Å²) in [7, 11) is 4.69. The highest BCUT2D eigenvalue weighted by Crippen LogP contribution is 2.39. The van der Waals surface area contributed by atoms with Gasteiger partial charge >= 0.3 is 0 Å². The molecular weight excluding hydrogens is 232 g/mol. The molecular formula is C14H19O4. The second kappa shape index (κ2) is 5.76. The zero-order valence-corrected chi connectivity index (χ0v) is 11.5. The minimum atomic E-state index is -0.537. The zero-order chi connectivity index (χ0) is 13.8. The van der Waals surface area contributed by atoms with Crippen LogP contribution in [0.1, 0.15) is 19.4 Å². The first-order chi connectivity index (χ1) is 8.47. The molecule has 0 unspecified atom stereocenters. The summed E-state index contributed by atoms with van der Waals surface area (Å²) in [5.74, 6) is 1.73. The van der Waals surface area contributed by atoms with Crippen molar-refractivity contribution in [1.82, 2.24) is 0 Å². The Hall–Kier alpha value is -1.71. The number of hydrogen-bond donors (Lipinski definition) is 0. The smallest absolute Gasteiger partial charge is 0.204 e. The summed E-state index contributed by atoms with van der Waals surface area (Å²) in [5.41, 5.74) is 0.405. The molecule has 0 saturated heterocycles. The molecule has 1 aromatic carbocycles. The van der Waals surface area contributed by atoms with Gasteiger partial charge in [0.15, 0.2) is 11.5 Å². The molecule has 0 fully saturated rings. The highest BCUT2D eigenvalue weighted by molar-refractivity contribution is 5.61. The van der Waals surface area contributed by atoms with Gasteiger partial charge in [-0.05, 0) is 24.1 Å². The van der Waals surface area contributed by atoms with Gasteiger partial charge in [0.25, 0.3) is 0 Å². The van der Waals surface area contributed by atoms with Gasteiger partial charge in [-0.1, -0.05) is 13.8 Å². The molecule has 0 spiro atoms. The molecule has 0 bridgehead atoms. The Morgan fingerprint density at radius 2 is 1.56 bits per heavy atom. The zero-order valence-electron chi connectivity index (χ0n) is 11.5. The molecule has 18 heavy (non-hydrogen) atoms. The Kier molecular flexibility index (Phi) is 4.59. The second-order valence-electron chi connectivity index (χ2n) is 4.70. The molecule has 1 radical (unpaired) electrons. The van der Waals surface area contributed by atoms with Crippen molar-refractivity contribution in [3.63, 3.8) is 0 Å². The van der Waals surface area contributed by atoms with Crippen LogP contribution in [0.5, 0.6) is 17.2 Å². The summed E-state index contributed by atoms with van der Waals surface area (Å²) in [6.07, 6.45) is 2.59. The molecule has 0 aliphatic heterocycles. The minimum Gasteiger partial charge on any atom is -0.493 e. The van der Waals surface area contributed by atoms with E-state index in [4.69, 9.17) is 14.2 Å². The maximum atomic E-state index is 10.9. The molecule has 99 valence electrons. The topological polar surface area (TPSA) is 44.8 Å². The monoisotopic (exact) mass is 251 g/mol. The summed E-state index contributed by atoms with van der Waals surface area (Å²) in [5, 5.41) is 0. The van der Waals surface area contributed by atoms with Gasteiger partial charge in [-0.3, -0.25) is 4.79 Å². The van der Waals surface area contributed by atoms with Gasteiger partial charge in [0.05, 0.1) is 21.3 Å². The van der Waals surface area contributed by atoms with Crippen LogP contribution in [0.15, 0.2) is 12.1 Å². The van der Waals surface area contributed by atoms with Crippen LogP contribution >= 0.6 is 0 Å². The normalized spacial score (nSPS) is 10.9. The largest absolute Gasteiger partial charge is 0.493 e. The van der Waals surface area contributed by atoms with Gasteiger partial charge in [-0.2, -0.15) is 0 Å². The van der Waals surface area contributed by atoms with Crippen molar-refractivity contribution in [2.24, 2.45) is 5.41 Å². The van der Waals surface area contributed by atoms with Gasteiger partial charge < -0.3 is 14.2 Å². The van der Waals surface area contributed by atoms with E-state index in [0.29, 0.717) is 23.7 Å². The van der Waals surface area contributed by atoms with Crippen LogP contribution in [0.2, 0.25) is 0 Å². The molecule has 1 rings (SSSR count). The maximum absolute atomic E-state index is 10.9. The summed E-state index contributed by atoms with van der Waals surface area (Å²) < 4.78 is 15.8. The first-order valence-corrected chi connectivity index (χ1v) is 5.65. The van der Waals surface area contributed by atoms with Crippen LogP contribution in [0.4, 0.5) is 0 Å². The molecule has 4 nitrogen and oxygen atoms in total.